The summed E-state index contributed by atoms with van der Waals surface area (Å²) >= 11 is 1.64. The number of thiazole rings is 1. The average molecular weight is 212 g/mol. The Balaban J connectivity index is 1.85. The van der Waals surface area contributed by atoms with Gasteiger partial charge < -0.3 is 9.64 Å². The quantitative estimate of drug-likeness (QED) is 0.761. The van der Waals surface area contributed by atoms with Crippen LogP contribution in [0.4, 0.5) is 4.79 Å². The SMILES string of the molecule is Cc1csc(CCN2CCOC2=O)n1. The normalized spacial score (nSPS) is 16.1. The number of hydrogen-bond acceptors (Lipinski definition) is 4. The lowest BCUT2D eigenvalue weighted by molar-refractivity contribution is 0.159. The molecule has 0 spiro atoms. The Morgan fingerprint density at radius 1 is 1.71 bits per heavy atom. The molecule has 1 saturated heterocycles. The second-order valence-corrected chi connectivity index (χ2v) is 4.18. The zero-order chi connectivity index (χ0) is 9.97. The highest BCUT2D eigenvalue weighted by atomic mass is 32.1. The van der Waals surface area contributed by atoms with E-state index < -0.39 is 0 Å². The molecule has 0 aromatic carbocycles. The Labute approximate surface area is 86.5 Å². The number of ether oxygens (including phenoxy) is 1. The number of amides is 1. The fourth-order valence-electron chi connectivity index (χ4n) is 1.38. The van der Waals surface area contributed by atoms with Crippen LogP contribution in [-0.2, 0) is 11.2 Å². The van der Waals surface area contributed by atoms with Crippen molar-refractivity contribution < 1.29 is 9.53 Å². The molecular weight excluding hydrogens is 200 g/mol. The molecule has 0 aliphatic carbocycles. The fourth-order valence-corrected chi connectivity index (χ4v) is 2.14. The molecule has 14 heavy (non-hydrogen) atoms. The van der Waals surface area contributed by atoms with Gasteiger partial charge in [0.2, 0.25) is 0 Å². The summed E-state index contributed by atoms with van der Waals surface area (Å²) in [5.41, 5.74) is 1.05. The average Bonchev–Trinajstić information content (AvgIpc) is 2.72. The molecule has 4 nitrogen and oxygen atoms in total. The second-order valence-electron chi connectivity index (χ2n) is 3.23. The molecule has 1 aliphatic heterocycles. The molecule has 1 aromatic heterocycles. The topological polar surface area (TPSA) is 42.4 Å². The molecule has 1 fully saturated rings. The van der Waals surface area contributed by atoms with E-state index in [9.17, 15) is 4.79 Å². The van der Waals surface area contributed by atoms with Crippen LogP contribution in [0.2, 0.25) is 0 Å². The van der Waals surface area contributed by atoms with Crippen LogP contribution in [0.3, 0.4) is 0 Å². The van der Waals surface area contributed by atoms with Crippen molar-refractivity contribution in [3.8, 4) is 0 Å². The lowest BCUT2D eigenvalue weighted by atomic mass is 10.4. The van der Waals surface area contributed by atoms with Gasteiger partial charge in [-0.2, -0.15) is 0 Å². The molecule has 0 bridgehead atoms. The lowest BCUT2D eigenvalue weighted by Gasteiger charge is -2.10. The van der Waals surface area contributed by atoms with Crippen molar-refractivity contribution in [2.45, 2.75) is 13.3 Å². The molecule has 0 N–H and O–H groups in total. The highest BCUT2D eigenvalue weighted by Gasteiger charge is 2.21. The number of aromatic nitrogens is 1. The zero-order valence-electron chi connectivity index (χ0n) is 8.02. The molecule has 0 unspecified atom stereocenters. The zero-order valence-corrected chi connectivity index (χ0v) is 8.84. The summed E-state index contributed by atoms with van der Waals surface area (Å²) < 4.78 is 4.83. The first-order chi connectivity index (χ1) is 6.75. The molecule has 1 amide bonds. The van der Waals surface area contributed by atoms with Gasteiger partial charge in [-0.25, -0.2) is 9.78 Å². The van der Waals surface area contributed by atoms with E-state index in [1.54, 1.807) is 16.2 Å². The number of carbonyl (C=O) groups excluding carboxylic acids is 1. The van der Waals surface area contributed by atoms with Crippen molar-refractivity contribution in [3.05, 3.63) is 16.1 Å². The van der Waals surface area contributed by atoms with E-state index >= 15 is 0 Å². The largest absolute Gasteiger partial charge is 0.448 e. The van der Waals surface area contributed by atoms with Gasteiger partial charge in [-0.05, 0) is 6.92 Å². The van der Waals surface area contributed by atoms with Crippen molar-refractivity contribution >= 4 is 17.4 Å². The summed E-state index contributed by atoms with van der Waals surface area (Å²) in [4.78, 5) is 17.1. The van der Waals surface area contributed by atoms with Crippen molar-refractivity contribution in [1.29, 1.82) is 0 Å². The minimum atomic E-state index is -0.196. The van der Waals surface area contributed by atoms with E-state index in [2.05, 4.69) is 4.98 Å². The maximum atomic E-state index is 11.1. The number of rotatable bonds is 3. The number of nitrogens with zero attached hydrogens (tertiary/aromatic N) is 2. The van der Waals surface area contributed by atoms with E-state index in [4.69, 9.17) is 4.74 Å². The Bertz CT molecular complexity index is 337. The van der Waals surface area contributed by atoms with Crippen molar-refractivity contribution in [3.63, 3.8) is 0 Å². The number of carbonyl (C=O) groups is 1. The van der Waals surface area contributed by atoms with Crippen LogP contribution in [0, 0.1) is 6.92 Å². The van der Waals surface area contributed by atoms with Crippen molar-refractivity contribution in [1.82, 2.24) is 9.88 Å². The first kappa shape index (κ1) is 9.45. The Morgan fingerprint density at radius 3 is 3.14 bits per heavy atom. The molecule has 0 atom stereocenters. The number of cyclic esters (lactones) is 1. The van der Waals surface area contributed by atoms with Gasteiger partial charge in [0.1, 0.15) is 6.61 Å². The van der Waals surface area contributed by atoms with Gasteiger partial charge in [-0.15, -0.1) is 11.3 Å². The molecule has 0 saturated carbocycles. The second kappa shape index (κ2) is 3.96. The van der Waals surface area contributed by atoms with Crippen LogP contribution in [0.5, 0.6) is 0 Å². The molecular formula is C9H12N2O2S. The maximum absolute atomic E-state index is 11.1. The monoisotopic (exact) mass is 212 g/mol. The first-order valence-corrected chi connectivity index (χ1v) is 5.46. The molecule has 0 radical (unpaired) electrons. The van der Waals surface area contributed by atoms with Gasteiger partial charge in [0, 0.05) is 24.0 Å². The van der Waals surface area contributed by atoms with Crippen LogP contribution >= 0.6 is 11.3 Å². The van der Waals surface area contributed by atoms with Gasteiger partial charge in [0.05, 0.1) is 11.6 Å². The third-order valence-corrected chi connectivity index (χ3v) is 3.13. The standard InChI is InChI=1S/C9H12N2O2S/c1-7-6-14-8(10-7)2-3-11-4-5-13-9(11)12/h6H,2-5H2,1H3. The summed E-state index contributed by atoms with van der Waals surface area (Å²) in [6, 6.07) is 0. The molecule has 5 heteroatoms. The van der Waals surface area contributed by atoms with Crippen molar-refractivity contribution in [2.75, 3.05) is 19.7 Å². The number of hydrogen-bond donors (Lipinski definition) is 0. The highest BCUT2D eigenvalue weighted by molar-refractivity contribution is 7.09. The van der Waals surface area contributed by atoms with Gasteiger partial charge >= 0.3 is 6.09 Å². The Kier molecular flexibility index (Phi) is 2.67. The lowest BCUT2D eigenvalue weighted by Crippen LogP contribution is -2.26. The van der Waals surface area contributed by atoms with Crippen LogP contribution in [-0.4, -0.2) is 35.7 Å². The third kappa shape index (κ3) is 2.04. The van der Waals surface area contributed by atoms with E-state index in [0.29, 0.717) is 19.7 Å². The van der Waals surface area contributed by atoms with Gasteiger partial charge in [-0.1, -0.05) is 0 Å². The highest BCUT2D eigenvalue weighted by Crippen LogP contribution is 2.11. The molecule has 76 valence electrons. The Morgan fingerprint density at radius 2 is 2.57 bits per heavy atom. The fraction of sp³-hybridized carbons (Fsp3) is 0.556. The minimum Gasteiger partial charge on any atom is -0.448 e. The van der Waals surface area contributed by atoms with Crippen LogP contribution in [0.25, 0.3) is 0 Å². The Hall–Kier alpha value is -1.10. The van der Waals surface area contributed by atoms with Gasteiger partial charge in [0.15, 0.2) is 0 Å². The summed E-state index contributed by atoms with van der Waals surface area (Å²) in [7, 11) is 0. The summed E-state index contributed by atoms with van der Waals surface area (Å²) in [5, 5.41) is 3.11. The van der Waals surface area contributed by atoms with Gasteiger partial charge in [0.25, 0.3) is 0 Å². The van der Waals surface area contributed by atoms with E-state index in [1.807, 2.05) is 12.3 Å². The maximum Gasteiger partial charge on any atom is 0.409 e. The predicted octanol–water partition coefficient (Wildman–Crippen LogP) is 1.45. The summed E-state index contributed by atoms with van der Waals surface area (Å²) in [6.07, 6.45) is 0.631. The minimum absolute atomic E-state index is 0.196. The van der Waals surface area contributed by atoms with E-state index in [1.165, 1.54) is 0 Å². The third-order valence-electron chi connectivity index (χ3n) is 2.11. The van der Waals surface area contributed by atoms with E-state index in [-0.39, 0.29) is 6.09 Å². The summed E-state index contributed by atoms with van der Waals surface area (Å²) in [6.45, 7) is 3.93. The van der Waals surface area contributed by atoms with Crippen LogP contribution in [0.1, 0.15) is 10.7 Å². The smallest absolute Gasteiger partial charge is 0.409 e. The van der Waals surface area contributed by atoms with Crippen LogP contribution < -0.4 is 0 Å². The van der Waals surface area contributed by atoms with Crippen LogP contribution in [0.15, 0.2) is 5.38 Å². The molecule has 1 aliphatic rings. The molecule has 2 rings (SSSR count). The molecule has 2 heterocycles. The summed E-state index contributed by atoms with van der Waals surface area (Å²) in [5.74, 6) is 0. The van der Waals surface area contributed by atoms with E-state index in [0.717, 1.165) is 17.1 Å². The number of aryl methyl sites for hydroxylation is 1. The van der Waals surface area contributed by atoms with Crippen molar-refractivity contribution in [2.24, 2.45) is 0 Å². The van der Waals surface area contributed by atoms with Gasteiger partial charge in [-0.3, -0.25) is 0 Å². The predicted molar refractivity (Wildman–Crippen MR) is 53.5 cm³/mol. The first-order valence-electron chi connectivity index (χ1n) is 4.58. The molecule has 1 aromatic rings.